The fraction of sp³-hybridized carbons (Fsp3) is 0.870. The molecule has 0 aromatic carbocycles. The number of aliphatic hydroxyl groups is 2. The van der Waals surface area contributed by atoms with Gasteiger partial charge in [0.2, 0.25) is 0 Å². The number of hydrazine groups is 1. The number of hydrogen-bond acceptors (Lipinski definition) is 4. The zero-order valence-corrected chi connectivity index (χ0v) is 18.1. The minimum atomic E-state index is -0.569. The molecule has 0 radical (unpaired) electrons. The maximum absolute atomic E-state index is 12.1. The number of guanidine groups is 1. The lowest BCUT2D eigenvalue weighted by atomic mass is 9.43. The van der Waals surface area contributed by atoms with Gasteiger partial charge in [-0.3, -0.25) is 10.8 Å². The van der Waals surface area contributed by atoms with Gasteiger partial charge in [-0.2, -0.15) is 0 Å². The highest BCUT2D eigenvalue weighted by molar-refractivity contribution is 5.73. The number of aliphatic hydroxyl groups excluding tert-OH is 1. The molecule has 0 amide bonds. The van der Waals surface area contributed by atoms with E-state index in [1.807, 2.05) is 0 Å². The zero-order chi connectivity index (χ0) is 20.9. The van der Waals surface area contributed by atoms with Crippen LogP contribution in [0.1, 0.15) is 71.6 Å². The molecule has 0 unspecified atom stereocenters. The minimum absolute atomic E-state index is 0.0595. The average Bonchev–Trinajstić information content (AvgIpc) is 2.93. The largest absolute Gasteiger partial charge is 0.393 e. The van der Waals surface area contributed by atoms with Crippen LogP contribution in [0.4, 0.5) is 0 Å². The van der Waals surface area contributed by atoms with Crippen LogP contribution in [0.25, 0.3) is 0 Å². The summed E-state index contributed by atoms with van der Waals surface area (Å²) in [6.07, 6.45) is 13.8. The molecule has 0 aromatic heterocycles. The number of allylic oxidation sites excluding steroid dienone is 1. The summed E-state index contributed by atoms with van der Waals surface area (Å²) in [5, 5.41) is 29.5. The number of fused-ring (bicyclic) bond motifs is 5. The Kier molecular flexibility index (Phi) is 5.50. The molecule has 4 fully saturated rings. The molecule has 0 spiro atoms. The standard InChI is InChI=1S/C23H40N4O2/c1-21-10-8-17(28)14-16(21)5-6-19-18(21)9-11-22(2)15(7-12-23(19,22)29)4-3-13-26-27-20(24)25/h3-4,15-19,26,28-29H,5-14H2,1-2H3,(H4,24,25,27)/t15-,16+,17-,18-,19+,21-,22+,23-/m0/s1. The molecule has 4 aliphatic carbocycles. The SMILES string of the molecule is C[C@]12CC[C@H](O)C[C@H]1CC[C@@H]1[C@@H]2CC[C@]2(C)[C@@H](C=CCNNC(=N)N)CC[C@]12O. The molecule has 4 saturated carbocycles. The van der Waals surface area contributed by atoms with Crippen molar-refractivity contribution in [3.8, 4) is 0 Å². The summed E-state index contributed by atoms with van der Waals surface area (Å²) in [5.41, 5.74) is 10.5. The quantitative estimate of drug-likeness (QED) is 0.142. The molecule has 0 aliphatic heterocycles. The summed E-state index contributed by atoms with van der Waals surface area (Å²) in [5.74, 6) is 1.92. The summed E-state index contributed by atoms with van der Waals surface area (Å²) in [7, 11) is 0. The van der Waals surface area contributed by atoms with Crippen LogP contribution in [0.2, 0.25) is 0 Å². The Balaban J connectivity index is 1.49. The van der Waals surface area contributed by atoms with E-state index in [0.717, 1.165) is 51.4 Å². The van der Waals surface area contributed by atoms with E-state index in [1.165, 1.54) is 6.42 Å². The van der Waals surface area contributed by atoms with E-state index in [0.29, 0.717) is 30.2 Å². The normalized spacial score (nSPS) is 49.3. The Hall–Kier alpha value is -1.11. The van der Waals surface area contributed by atoms with Crippen LogP contribution in [0.15, 0.2) is 12.2 Å². The molecule has 0 heterocycles. The van der Waals surface area contributed by atoms with Crippen molar-refractivity contribution in [1.29, 1.82) is 5.41 Å². The highest BCUT2D eigenvalue weighted by Gasteiger charge is 2.66. The highest BCUT2D eigenvalue weighted by atomic mass is 16.3. The van der Waals surface area contributed by atoms with Gasteiger partial charge < -0.3 is 15.9 Å². The Morgan fingerprint density at radius 2 is 1.90 bits per heavy atom. The molecule has 4 rings (SSSR count). The van der Waals surface area contributed by atoms with E-state index in [1.54, 1.807) is 0 Å². The van der Waals surface area contributed by atoms with Crippen molar-refractivity contribution < 1.29 is 10.2 Å². The molecule has 0 bridgehead atoms. The van der Waals surface area contributed by atoms with Crippen molar-refractivity contribution in [1.82, 2.24) is 10.9 Å². The van der Waals surface area contributed by atoms with Gasteiger partial charge in [-0.15, -0.1) is 0 Å². The Morgan fingerprint density at radius 1 is 1.10 bits per heavy atom. The lowest BCUT2D eigenvalue weighted by molar-refractivity contribution is -0.207. The summed E-state index contributed by atoms with van der Waals surface area (Å²) in [6.45, 7) is 5.40. The van der Waals surface area contributed by atoms with Crippen molar-refractivity contribution in [2.24, 2.45) is 40.2 Å². The van der Waals surface area contributed by atoms with Crippen LogP contribution >= 0.6 is 0 Å². The van der Waals surface area contributed by atoms with E-state index < -0.39 is 5.60 Å². The van der Waals surface area contributed by atoms with Crippen LogP contribution in [-0.2, 0) is 0 Å². The third-order valence-electron chi connectivity index (χ3n) is 9.71. The third kappa shape index (κ3) is 3.31. The van der Waals surface area contributed by atoms with Gasteiger partial charge in [0.05, 0.1) is 11.7 Å². The fourth-order valence-electron chi connectivity index (χ4n) is 7.99. The van der Waals surface area contributed by atoms with Crippen LogP contribution < -0.4 is 16.6 Å². The Labute approximate surface area is 175 Å². The topological polar surface area (TPSA) is 114 Å². The Bertz CT molecular complexity index is 669. The predicted octanol–water partition coefficient (Wildman–Crippen LogP) is 2.66. The summed E-state index contributed by atoms with van der Waals surface area (Å²) < 4.78 is 0. The molecule has 6 nitrogen and oxygen atoms in total. The van der Waals surface area contributed by atoms with Gasteiger partial charge in [0.1, 0.15) is 0 Å². The monoisotopic (exact) mass is 404 g/mol. The van der Waals surface area contributed by atoms with E-state index >= 15 is 0 Å². The van der Waals surface area contributed by atoms with Gasteiger partial charge in [0, 0.05) is 12.0 Å². The molecular formula is C23H40N4O2. The van der Waals surface area contributed by atoms with E-state index in [2.05, 4.69) is 36.9 Å². The molecule has 0 saturated heterocycles. The lowest BCUT2D eigenvalue weighted by Gasteiger charge is -2.63. The highest BCUT2D eigenvalue weighted by Crippen LogP contribution is 2.69. The van der Waals surface area contributed by atoms with E-state index in [4.69, 9.17) is 11.1 Å². The first-order chi connectivity index (χ1) is 13.7. The second kappa shape index (κ2) is 7.54. The third-order valence-corrected chi connectivity index (χ3v) is 9.71. The van der Waals surface area contributed by atoms with Crippen LogP contribution in [0, 0.1) is 39.9 Å². The first-order valence-electron chi connectivity index (χ1n) is 11.6. The van der Waals surface area contributed by atoms with E-state index in [-0.39, 0.29) is 22.9 Å². The van der Waals surface area contributed by atoms with Crippen LogP contribution in [0.5, 0.6) is 0 Å². The molecule has 0 aromatic rings. The second-order valence-electron chi connectivity index (χ2n) is 10.8. The summed E-state index contributed by atoms with van der Waals surface area (Å²) >= 11 is 0. The van der Waals surface area contributed by atoms with Crippen LogP contribution in [-0.4, -0.2) is 34.4 Å². The van der Waals surface area contributed by atoms with Crippen molar-refractivity contribution in [2.45, 2.75) is 83.3 Å². The first-order valence-corrected chi connectivity index (χ1v) is 11.6. The molecule has 29 heavy (non-hydrogen) atoms. The van der Waals surface area contributed by atoms with Gasteiger partial charge in [0.15, 0.2) is 5.96 Å². The molecular weight excluding hydrogens is 364 g/mol. The number of rotatable bonds is 4. The molecule has 7 N–H and O–H groups in total. The predicted molar refractivity (Wildman–Crippen MR) is 115 cm³/mol. The maximum atomic E-state index is 12.1. The van der Waals surface area contributed by atoms with Gasteiger partial charge in [-0.05, 0) is 86.9 Å². The molecule has 164 valence electrons. The lowest BCUT2D eigenvalue weighted by Crippen LogP contribution is -2.62. The molecule has 6 heteroatoms. The zero-order valence-electron chi connectivity index (χ0n) is 18.1. The van der Waals surface area contributed by atoms with Crippen molar-refractivity contribution in [3.05, 3.63) is 12.2 Å². The van der Waals surface area contributed by atoms with Crippen molar-refractivity contribution >= 4 is 5.96 Å². The second-order valence-corrected chi connectivity index (χ2v) is 10.8. The van der Waals surface area contributed by atoms with Gasteiger partial charge in [-0.25, -0.2) is 5.43 Å². The summed E-state index contributed by atoms with van der Waals surface area (Å²) in [4.78, 5) is 0. The van der Waals surface area contributed by atoms with E-state index in [9.17, 15) is 10.2 Å². The summed E-state index contributed by atoms with van der Waals surface area (Å²) in [6, 6.07) is 0. The molecule has 8 atom stereocenters. The smallest absolute Gasteiger partial charge is 0.200 e. The molecule has 4 aliphatic rings. The van der Waals surface area contributed by atoms with Gasteiger partial charge in [-0.1, -0.05) is 26.0 Å². The average molecular weight is 405 g/mol. The maximum Gasteiger partial charge on any atom is 0.200 e. The van der Waals surface area contributed by atoms with Crippen molar-refractivity contribution in [3.63, 3.8) is 0 Å². The Morgan fingerprint density at radius 3 is 2.66 bits per heavy atom. The van der Waals surface area contributed by atoms with Gasteiger partial charge >= 0.3 is 0 Å². The number of nitrogens with one attached hydrogen (secondary N) is 3. The van der Waals surface area contributed by atoms with Crippen LogP contribution in [0.3, 0.4) is 0 Å². The first kappa shape index (κ1) is 21.1. The number of hydrogen-bond donors (Lipinski definition) is 6. The number of nitrogens with two attached hydrogens (primary N) is 1. The fourth-order valence-corrected chi connectivity index (χ4v) is 7.99. The van der Waals surface area contributed by atoms with Gasteiger partial charge in [0.25, 0.3) is 0 Å². The minimum Gasteiger partial charge on any atom is -0.393 e. The van der Waals surface area contributed by atoms with Crippen molar-refractivity contribution in [2.75, 3.05) is 6.54 Å².